The molecule has 2 atom stereocenters. The van der Waals surface area contributed by atoms with Crippen molar-refractivity contribution in [2.75, 3.05) is 20.8 Å². The summed E-state index contributed by atoms with van der Waals surface area (Å²) < 4.78 is 10.6. The molecular weight excluding hydrogens is 352 g/mol. The van der Waals surface area contributed by atoms with Crippen LogP contribution in [0.1, 0.15) is 37.1 Å². The molecule has 2 N–H and O–H groups in total. The van der Waals surface area contributed by atoms with Gasteiger partial charge in [0, 0.05) is 16.6 Å². The molecule has 0 heterocycles. The fourth-order valence-corrected chi connectivity index (χ4v) is 3.03. The minimum Gasteiger partial charge on any atom is -0.497 e. The van der Waals surface area contributed by atoms with Crippen molar-refractivity contribution in [1.82, 2.24) is 10.6 Å². The van der Waals surface area contributed by atoms with Crippen LogP contribution in [0.15, 0.2) is 42.5 Å². The molecule has 0 aliphatic carbocycles. The van der Waals surface area contributed by atoms with E-state index in [9.17, 15) is 4.79 Å². The molecule has 0 aliphatic heterocycles. The van der Waals surface area contributed by atoms with E-state index in [2.05, 4.69) is 10.6 Å². The molecule has 0 aromatic heterocycles. The fraction of sp³-hybridized carbons (Fsp3) is 0.350. The minimum atomic E-state index is -0.218. The second-order valence-corrected chi connectivity index (χ2v) is 6.43. The number of ether oxygens (including phenoxy) is 2. The highest BCUT2D eigenvalue weighted by atomic mass is 35.5. The number of nitrogens with one attached hydrogen (secondary N) is 2. The van der Waals surface area contributed by atoms with Crippen LogP contribution in [0.5, 0.6) is 11.5 Å². The van der Waals surface area contributed by atoms with Crippen molar-refractivity contribution < 1.29 is 14.3 Å². The highest BCUT2D eigenvalue weighted by molar-refractivity contribution is 6.31. The van der Waals surface area contributed by atoms with Crippen LogP contribution in [0.4, 0.5) is 0 Å². The zero-order valence-electron chi connectivity index (χ0n) is 15.5. The Morgan fingerprint density at radius 1 is 1.04 bits per heavy atom. The van der Waals surface area contributed by atoms with Crippen molar-refractivity contribution in [1.29, 1.82) is 0 Å². The Morgan fingerprint density at radius 3 is 2.42 bits per heavy atom. The van der Waals surface area contributed by atoms with Crippen LogP contribution in [-0.4, -0.2) is 26.7 Å². The van der Waals surface area contributed by atoms with Gasteiger partial charge in [-0.2, -0.15) is 0 Å². The van der Waals surface area contributed by atoms with Gasteiger partial charge in [0.2, 0.25) is 5.91 Å². The van der Waals surface area contributed by atoms with Crippen LogP contribution in [-0.2, 0) is 4.79 Å². The normalized spacial score (nSPS) is 13.0. The van der Waals surface area contributed by atoms with Gasteiger partial charge in [0.15, 0.2) is 0 Å². The zero-order valence-corrected chi connectivity index (χ0v) is 16.3. The first-order valence-corrected chi connectivity index (χ1v) is 8.83. The molecule has 0 bridgehead atoms. The number of carbonyl (C=O) groups excluding carboxylic acids is 1. The predicted molar refractivity (Wildman–Crippen MR) is 104 cm³/mol. The molecule has 0 radical (unpaired) electrons. The number of rotatable bonds is 8. The van der Waals surface area contributed by atoms with Gasteiger partial charge in [-0.05, 0) is 43.7 Å². The van der Waals surface area contributed by atoms with Gasteiger partial charge in [-0.1, -0.05) is 29.8 Å². The number of halogens is 1. The van der Waals surface area contributed by atoms with Gasteiger partial charge in [0.05, 0.1) is 26.8 Å². The molecule has 2 aromatic carbocycles. The molecule has 2 rings (SSSR count). The Morgan fingerprint density at radius 2 is 1.77 bits per heavy atom. The van der Waals surface area contributed by atoms with Gasteiger partial charge in [-0.15, -0.1) is 0 Å². The maximum absolute atomic E-state index is 12.3. The standard InChI is InChI=1S/C20H25ClN2O3/c1-13(16-7-5-6-8-18(16)21)22-12-20(24)23-14(2)17-11-15(25-3)9-10-19(17)26-4/h5-11,13-14,22H,12H2,1-4H3,(H,23,24)/t13-,14+/m0/s1. The van der Waals surface area contributed by atoms with E-state index in [1.165, 1.54) is 0 Å². The van der Waals surface area contributed by atoms with E-state index in [0.29, 0.717) is 16.5 Å². The summed E-state index contributed by atoms with van der Waals surface area (Å²) in [5, 5.41) is 6.85. The molecule has 0 aliphatic rings. The first-order chi connectivity index (χ1) is 12.5. The summed E-state index contributed by atoms with van der Waals surface area (Å²) in [6.07, 6.45) is 0. The number of hydrogen-bond donors (Lipinski definition) is 2. The van der Waals surface area contributed by atoms with Crippen molar-refractivity contribution >= 4 is 17.5 Å². The Bertz CT molecular complexity index is 752. The van der Waals surface area contributed by atoms with Crippen molar-refractivity contribution in [3.63, 3.8) is 0 Å². The van der Waals surface area contributed by atoms with Gasteiger partial charge in [0.25, 0.3) is 0 Å². The number of amides is 1. The number of carbonyl (C=O) groups is 1. The number of hydrogen-bond acceptors (Lipinski definition) is 4. The van der Waals surface area contributed by atoms with Crippen molar-refractivity contribution in [3.05, 3.63) is 58.6 Å². The van der Waals surface area contributed by atoms with Gasteiger partial charge in [0.1, 0.15) is 11.5 Å². The maximum Gasteiger partial charge on any atom is 0.234 e. The second kappa shape index (κ2) is 9.46. The van der Waals surface area contributed by atoms with Crippen LogP contribution < -0.4 is 20.1 Å². The van der Waals surface area contributed by atoms with E-state index in [-0.39, 0.29) is 24.5 Å². The topological polar surface area (TPSA) is 59.6 Å². The molecule has 0 saturated carbocycles. The SMILES string of the molecule is COc1ccc(OC)c([C@@H](C)NC(=O)CN[C@@H](C)c2ccccc2Cl)c1. The molecule has 26 heavy (non-hydrogen) atoms. The van der Waals surface area contributed by atoms with E-state index in [1.807, 2.05) is 56.3 Å². The molecular formula is C20H25ClN2O3. The van der Waals surface area contributed by atoms with E-state index < -0.39 is 0 Å². The smallest absolute Gasteiger partial charge is 0.234 e. The lowest BCUT2D eigenvalue weighted by atomic mass is 10.1. The van der Waals surface area contributed by atoms with Crippen LogP contribution in [0.2, 0.25) is 5.02 Å². The van der Waals surface area contributed by atoms with Crippen LogP contribution in [0.25, 0.3) is 0 Å². The largest absolute Gasteiger partial charge is 0.497 e. The van der Waals surface area contributed by atoms with Gasteiger partial charge in [-0.3, -0.25) is 4.79 Å². The van der Waals surface area contributed by atoms with E-state index in [1.54, 1.807) is 14.2 Å². The molecule has 0 fully saturated rings. The number of benzene rings is 2. The third-order valence-corrected chi connectivity index (χ3v) is 4.57. The molecule has 0 spiro atoms. The van der Waals surface area contributed by atoms with Gasteiger partial charge in [-0.25, -0.2) is 0 Å². The highest BCUT2D eigenvalue weighted by Gasteiger charge is 2.16. The summed E-state index contributed by atoms with van der Waals surface area (Å²) in [7, 11) is 3.21. The zero-order chi connectivity index (χ0) is 19.1. The van der Waals surface area contributed by atoms with Crippen LogP contribution >= 0.6 is 11.6 Å². The Kier molecular flexibility index (Phi) is 7.30. The Labute approximate surface area is 159 Å². The van der Waals surface area contributed by atoms with Gasteiger partial charge >= 0.3 is 0 Å². The van der Waals surface area contributed by atoms with Crippen molar-refractivity contribution in [2.45, 2.75) is 25.9 Å². The third kappa shape index (κ3) is 5.13. The average Bonchev–Trinajstić information content (AvgIpc) is 2.65. The second-order valence-electron chi connectivity index (χ2n) is 6.02. The lowest BCUT2D eigenvalue weighted by molar-refractivity contribution is -0.121. The molecule has 2 aromatic rings. The fourth-order valence-electron chi connectivity index (χ4n) is 2.73. The monoisotopic (exact) mass is 376 g/mol. The summed E-state index contributed by atoms with van der Waals surface area (Å²) in [6.45, 7) is 4.07. The maximum atomic E-state index is 12.3. The Hall–Kier alpha value is -2.24. The van der Waals surface area contributed by atoms with Crippen LogP contribution in [0, 0.1) is 0 Å². The van der Waals surface area contributed by atoms with E-state index in [4.69, 9.17) is 21.1 Å². The first kappa shape index (κ1) is 20.1. The Balaban J connectivity index is 1.96. The van der Waals surface area contributed by atoms with E-state index in [0.717, 1.165) is 11.1 Å². The summed E-state index contributed by atoms with van der Waals surface area (Å²) >= 11 is 6.19. The first-order valence-electron chi connectivity index (χ1n) is 8.45. The van der Waals surface area contributed by atoms with Gasteiger partial charge < -0.3 is 20.1 Å². The summed E-state index contributed by atoms with van der Waals surface area (Å²) in [4.78, 5) is 12.3. The average molecular weight is 377 g/mol. The third-order valence-electron chi connectivity index (χ3n) is 4.22. The molecule has 1 amide bonds. The van der Waals surface area contributed by atoms with Crippen LogP contribution in [0.3, 0.4) is 0 Å². The minimum absolute atomic E-state index is 0.0314. The summed E-state index contributed by atoms with van der Waals surface area (Å²) in [5.74, 6) is 1.31. The summed E-state index contributed by atoms with van der Waals surface area (Å²) in [6, 6.07) is 12.9. The molecule has 5 nitrogen and oxygen atoms in total. The van der Waals surface area contributed by atoms with E-state index >= 15 is 0 Å². The molecule has 0 unspecified atom stereocenters. The van der Waals surface area contributed by atoms with Crippen molar-refractivity contribution in [3.8, 4) is 11.5 Å². The summed E-state index contributed by atoms with van der Waals surface area (Å²) in [5.41, 5.74) is 1.82. The highest BCUT2D eigenvalue weighted by Crippen LogP contribution is 2.29. The quantitative estimate of drug-likeness (QED) is 0.733. The molecule has 6 heteroatoms. The lowest BCUT2D eigenvalue weighted by Crippen LogP contribution is -2.36. The lowest BCUT2D eigenvalue weighted by Gasteiger charge is -2.20. The molecule has 0 saturated heterocycles. The molecule has 140 valence electrons. The van der Waals surface area contributed by atoms with Crippen molar-refractivity contribution in [2.24, 2.45) is 0 Å². The number of methoxy groups -OCH3 is 2. The predicted octanol–water partition coefficient (Wildman–Crippen LogP) is 3.89.